The summed E-state index contributed by atoms with van der Waals surface area (Å²) in [6.07, 6.45) is 11.3. The first-order valence-corrected chi connectivity index (χ1v) is 16.3. The number of para-hydroxylation sites is 1. The number of nitrogens with one attached hydrogen (secondary N) is 2. The van der Waals surface area contributed by atoms with Gasteiger partial charge in [-0.25, -0.2) is 0 Å². The molecule has 4 nitrogen and oxygen atoms in total. The van der Waals surface area contributed by atoms with Gasteiger partial charge in [0.15, 0.2) is 0 Å². The van der Waals surface area contributed by atoms with Crippen molar-refractivity contribution in [3.8, 4) is 0 Å². The normalized spacial score (nSPS) is 14.6. The molecule has 238 valence electrons. The predicted molar refractivity (Wildman–Crippen MR) is 201 cm³/mol. The van der Waals surface area contributed by atoms with Gasteiger partial charge in [0.2, 0.25) is 0 Å². The SMILES string of the molecule is C=C(/C=C\C)/C=C\C1=C(CN)NCC(c2ccccc2N)=C1Cc1cccc(C(/C=C(\C)c2ccccc2)NCc2ccccc2)c1. The lowest BCUT2D eigenvalue weighted by molar-refractivity contribution is 0.621. The molecule has 4 aromatic rings. The van der Waals surface area contributed by atoms with Gasteiger partial charge >= 0.3 is 0 Å². The number of hydrogen-bond donors (Lipinski definition) is 4. The molecule has 47 heavy (non-hydrogen) atoms. The van der Waals surface area contributed by atoms with Crippen LogP contribution in [0.2, 0.25) is 0 Å². The molecule has 0 aromatic heterocycles. The molecule has 1 aliphatic rings. The Morgan fingerprint density at radius 1 is 0.894 bits per heavy atom. The van der Waals surface area contributed by atoms with E-state index in [1.165, 1.54) is 39.0 Å². The fraction of sp³-hybridized carbons (Fsp3) is 0.163. The first-order chi connectivity index (χ1) is 23.0. The maximum atomic E-state index is 6.56. The van der Waals surface area contributed by atoms with Gasteiger partial charge in [-0.1, -0.05) is 140 Å². The zero-order chi connectivity index (χ0) is 33.0. The van der Waals surface area contributed by atoms with Crippen LogP contribution in [0.15, 0.2) is 169 Å². The van der Waals surface area contributed by atoms with Crippen LogP contribution >= 0.6 is 0 Å². The van der Waals surface area contributed by atoms with Gasteiger partial charge in [0, 0.05) is 36.6 Å². The van der Waals surface area contributed by atoms with E-state index in [0.717, 1.165) is 41.1 Å². The largest absolute Gasteiger partial charge is 0.398 e. The monoisotopic (exact) mass is 618 g/mol. The lowest BCUT2D eigenvalue weighted by Gasteiger charge is -2.28. The number of benzene rings is 4. The van der Waals surface area contributed by atoms with Gasteiger partial charge in [-0.15, -0.1) is 0 Å². The maximum absolute atomic E-state index is 6.56. The van der Waals surface area contributed by atoms with Crippen LogP contribution in [0.25, 0.3) is 11.1 Å². The fourth-order valence-electron chi connectivity index (χ4n) is 6.06. The van der Waals surface area contributed by atoms with Crippen LogP contribution < -0.4 is 22.1 Å². The summed E-state index contributed by atoms with van der Waals surface area (Å²) in [4.78, 5) is 0. The van der Waals surface area contributed by atoms with Crippen LogP contribution in [0.1, 0.15) is 47.7 Å². The van der Waals surface area contributed by atoms with Crippen LogP contribution in [0.4, 0.5) is 5.69 Å². The van der Waals surface area contributed by atoms with E-state index in [1.54, 1.807) is 0 Å². The van der Waals surface area contributed by atoms with Crippen molar-refractivity contribution < 1.29 is 0 Å². The second-order valence-corrected chi connectivity index (χ2v) is 11.9. The van der Waals surface area contributed by atoms with Crippen LogP contribution in [0.3, 0.4) is 0 Å². The molecule has 4 aromatic carbocycles. The van der Waals surface area contributed by atoms with E-state index in [1.807, 2.05) is 37.3 Å². The molecule has 0 fully saturated rings. The first kappa shape index (κ1) is 33.2. The molecule has 0 radical (unpaired) electrons. The molecule has 0 bridgehead atoms. The Balaban J connectivity index is 1.56. The van der Waals surface area contributed by atoms with Crippen molar-refractivity contribution in [2.75, 3.05) is 18.8 Å². The smallest absolute Gasteiger partial charge is 0.0514 e. The predicted octanol–water partition coefficient (Wildman–Crippen LogP) is 8.70. The highest BCUT2D eigenvalue weighted by atomic mass is 14.9. The third kappa shape index (κ3) is 8.76. The zero-order valence-corrected chi connectivity index (χ0v) is 27.5. The number of anilines is 1. The maximum Gasteiger partial charge on any atom is 0.0514 e. The lowest BCUT2D eigenvalue weighted by atomic mass is 9.85. The number of nitrogens with two attached hydrogens (primary N) is 2. The van der Waals surface area contributed by atoms with Gasteiger partial charge in [-0.2, -0.15) is 0 Å². The van der Waals surface area contributed by atoms with E-state index in [9.17, 15) is 0 Å². The topological polar surface area (TPSA) is 76.1 Å². The summed E-state index contributed by atoms with van der Waals surface area (Å²) in [5.41, 5.74) is 26.3. The van der Waals surface area contributed by atoms with Crippen molar-refractivity contribution in [3.63, 3.8) is 0 Å². The molecule has 0 spiro atoms. The summed E-state index contributed by atoms with van der Waals surface area (Å²) in [7, 11) is 0. The van der Waals surface area contributed by atoms with Crippen LogP contribution in [0, 0.1) is 0 Å². The third-order valence-corrected chi connectivity index (χ3v) is 8.53. The van der Waals surface area contributed by atoms with Gasteiger partial charge in [-0.05, 0) is 76.5 Å². The summed E-state index contributed by atoms with van der Waals surface area (Å²) in [5.74, 6) is 0. The Morgan fingerprint density at radius 2 is 1.60 bits per heavy atom. The molecular formula is C43H46N4. The standard InChI is InChI=1S/C43H46N4/c1-4-14-31(2)23-24-38-39(40(30-47-43(38)28-44)37-21-11-12-22-41(37)45)27-34-17-13-20-36(26-34)42(46-29-33-15-7-5-8-16-33)25-32(3)35-18-9-6-10-19-35/h4-26,42,46-47H,2,27-30,44-45H2,1,3H3/b14-4-,24-23-,32-25+. The summed E-state index contributed by atoms with van der Waals surface area (Å²) < 4.78 is 0. The summed E-state index contributed by atoms with van der Waals surface area (Å²) in [5, 5.41) is 7.42. The molecule has 5 rings (SSSR count). The molecule has 1 atom stereocenters. The number of hydrogen-bond acceptors (Lipinski definition) is 4. The van der Waals surface area contributed by atoms with E-state index in [0.29, 0.717) is 13.1 Å². The molecule has 0 saturated heterocycles. The number of allylic oxidation sites excluding steroid dienone is 8. The van der Waals surface area contributed by atoms with E-state index >= 15 is 0 Å². The average molecular weight is 619 g/mol. The fourth-order valence-corrected chi connectivity index (χ4v) is 6.06. The molecule has 0 aliphatic carbocycles. The molecule has 0 saturated carbocycles. The van der Waals surface area contributed by atoms with E-state index in [-0.39, 0.29) is 6.04 Å². The van der Waals surface area contributed by atoms with Crippen molar-refractivity contribution in [1.82, 2.24) is 10.6 Å². The van der Waals surface area contributed by atoms with Crippen LogP contribution in [-0.4, -0.2) is 13.1 Å². The minimum Gasteiger partial charge on any atom is -0.398 e. The molecular weight excluding hydrogens is 573 g/mol. The van der Waals surface area contributed by atoms with Crippen molar-refractivity contribution in [2.45, 2.75) is 32.9 Å². The average Bonchev–Trinajstić information content (AvgIpc) is 3.10. The van der Waals surface area contributed by atoms with Crippen LogP contribution in [0.5, 0.6) is 0 Å². The molecule has 1 unspecified atom stereocenters. The number of nitrogen functional groups attached to an aromatic ring is 1. The zero-order valence-electron chi connectivity index (χ0n) is 27.5. The molecule has 1 heterocycles. The molecule has 4 heteroatoms. The van der Waals surface area contributed by atoms with Gasteiger partial charge in [0.05, 0.1) is 6.04 Å². The van der Waals surface area contributed by atoms with Gasteiger partial charge in [0.1, 0.15) is 0 Å². The number of rotatable bonds is 13. The second-order valence-electron chi connectivity index (χ2n) is 11.9. The number of dihydropyridines is 1. The highest BCUT2D eigenvalue weighted by molar-refractivity contribution is 5.83. The lowest BCUT2D eigenvalue weighted by Crippen LogP contribution is -2.29. The first-order valence-electron chi connectivity index (χ1n) is 16.3. The summed E-state index contributed by atoms with van der Waals surface area (Å²) in [6, 6.07) is 38.2. The van der Waals surface area contributed by atoms with Crippen molar-refractivity contribution in [1.29, 1.82) is 0 Å². The molecule has 6 N–H and O–H groups in total. The second kappa shape index (κ2) is 16.4. The van der Waals surface area contributed by atoms with Gasteiger partial charge < -0.3 is 22.1 Å². The quantitative estimate of drug-likeness (QED) is 0.0893. The highest BCUT2D eigenvalue weighted by Gasteiger charge is 2.22. The van der Waals surface area contributed by atoms with Crippen molar-refractivity contribution in [2.24, 2.45) is 5.73 Å². The van der Waals surface area contributed by atoms with Gasteiger partial charge in [-0.3, -0.25) is 0 Å². The third-order valence-electron chi connectivity index (χ3n) is 8.53. The summed E-state index contributed by atoms with van der Waals surface area (Å²) in [6.45, 7) is 10.2. The Bertz CT molecular complexity index is 1820. The van der Waals surface area contributed by atoms with E-state index in [2.05, 4.69) is 133 Å². The van der Waals surface area contributed by atoms with Crippen molar-refractivity contribution in [3.05, 3.63) is 196 Å². The van der Waals surface area contributed by atoms with Crippen molar-refractivity contribution >= 4 is 16.8 Å². The minimum absolute atomic E-state index is 0.0141. The molecule has 0 amide bonds. The Kier molecular flexibility index (Phi) is 11.6. The van der Waals surface area contributed by atoms with E-state index in [4.69, 9.17) is 11.5 Å². The summed E-state index contributed by atoms with van der Waals surface area (Å²) >= 11 is 0. The Hall–Kier alpha value is -5.16. The Labute approximate surface area is 280 Å². The molecule has 1 aliphatic heterocycles. The minimum atomic E-state index is 0.0141. The van der Waals surface area contributed by atoms with Crippen LogP contribution in [-0.2, 0) is 13.0 Å². The highest BCUT2D eigenvalue weighted by Crippen LogP contribution is 2.35. The Morgan fingerprint density at radius 3 is 2.32 bits per heavy atom. The van der Waals surface area contributed by atoms with E-state index < -0.39 is 0 Å². The van der Waals surface area contributed by atoms with Gasteiger partial charge in [0.25, 0.3) is 0 Å².